The number of ether oxygens (including phenoxy) is 1. The highest BCUT2D eigenvalue weighted by molar-refractivity contribution is 7.99. The molecule has 4 rings (SSSR count). The number of hydrogen-bond acceptors (Lipinski definition) is 6. The van der Waals surface area contributed by atoms with Gasteiger partial charge in [0.1, 0.15) is 5.03 Å². The molecule has 1 aliphatic heterocycles. The highest BCUT2D eigenvalue weighted by Crippen LogP contribution is 2.29. The third kappa shape index (κ3) is 4.67. The lowest BCUT2D eigenvalue weighted by atomic mass is 9.97. The number of fused-ring (bicyclic) bond motifs is 1. The third-order valence-electron chi connectivity index (χ3n) is 5.24. The number of carbonyl (C=O) groups is 1. The molecule has 0 spiro atoms. The summed E-state index contributed by atoms with van der Waals surface area (Å²) in [5.74, 6) is 0.246. The number of nitrogens with zero attached hydrogens (tertiary/aromatic N) is 2. The van der Waals surface area contributed by atoms with Gasteiger partial charge in [-0.05, 0) is 50.0 Å². The second kappa shape index (κ2) is 9.24. The number of thiophene rings is 1. The van der Waals surface area contributed by atoms with Gasteiger partial charge in [-0.25, -0.2) is 4.79 Å². The molecule has 28 heavy (non-hydrogen) atoms. The Hall–Kier alpha value is -1.64. The van der Waals surface area contributed by atoms with Gasteiger partial charge < -0.3 is 10.1 Å². The number of amides is 1. The highest BCUT2D eigenvalue weighted by Gasteiger charge is 2.22. The summed E-state index contributed by atoms with van der Waals surface area (Å²) in [4.78, 5) is 30.4. The summed E-state index contributed by atoms with van der Waals surface area (Å²) in [6.07, 6.45) is 6.22. The maximum atomic E-state index is 12.7. The topological polar surface area (TPSA) is 73.2 Å². The van der Waals surface area contributed by atoms with Crippen molar-refractivity contribution in [2.24, 2.45) is 0 Å². The minimum absolute atomic E-state index is 0.0328. The number of nitrogens with one attached hydrogen (secondary N) is 1. The van der Waals surface area contributed by atoms with Gasteiger partial charge in [0.25, 0.3) is 0 Å². The summed E-state index contributed by atoms with van der Waals surface area (Å²) in [6, 6.07) is 4.05. The Morgan fingerprint density at radius 1 is 1.36 bits per heavy atom. The van der Waals surface area contributed by atoms with Crippen molar-refractivity contribution in [3.05, 3.63) is 44.1 Å². The number of carbonyl (C=O) groups excluding carboxylic acids is 1. The van der Waals surface area contributed by atoms with Crippen LogP contribution in [-0.2, 0) is 28.9 Å². The molecule has 6 nitrogen and oxygen atoms in total. The SMILES string of the molecule is O=C(CSc1nc(=O)n(Cc2cccs2)c2c1CCCC2)NC[C@@H]1CCCO1. The molecule has 150 valence electrons. The van der Waals surface area contributed by atoms with Gasteiger partial charge in [0.05, 0.1) is 18.4 Å². The Balaban J connectivity index is 1.45. The van der Waals surface area contributed by atoms with Crippen LogP contribution in [0.3, 0.4) is 0 Å². The van der Waals surface area contributed by atoms with Gasteiger partial charge in [-0.2, -0.15) is 4.98 Å². The molecule has 0 radical (unpaired) electrons. The molecule has 1 aliphatic carbocycles. The van der Waals surface area contributed by atoms with Crippen molar-refractivity contribution in [2.75, 3.05) is 18.9 Å². The molecule has 1 saturated heterocycles. The van der Waals surface area contributed by atoms with Crippen LogP contribution in [0, 0.1) is 0 Å². The van der Waals surface area contributed by atoms with E-state index in [4.69, 9.17) is 4.74 Å². The van der Waals surface area contributed by atoms with E-state index >= 15 is 0 Å². The van der Waals surface area contributed by atoms with Crippen molar-refractivity contribution in [1.82, 2.24) is 14.9 Å². The van der Waals surface area contributed by atoms with Crippen LogP contribution in [0.1, 0.15) is 41.8 Å². The fourth-order valence-corrected chi connectivity index (χ4v) is 5.41. The second-order valence-electron chi connectivity index (χ2n) is 7.23. The van der Waals surface area contributed by atoms with Gasteiger partial charge >= 0.3 is 5.69 Å². The first kappa shape index (κ1) is 19.7. The summed E-state index contributed by atoms with van der Waals surface area (Å²) in [5.41, 5.74) is 2.04. The van der Waals surface area contributed by atoms with Crippen LogP contribution in [0.25, 0.3) is 0 Å². The van der Waals surface area contributed by atoms with Crippen LogP contribution in [0.2, 0.25) is 0 Å². The van der Waals surface area contributed by atoms with Gasteiger partial charge in [0, 0.05) is 29.3 Å². The van der Waals surface area contributed by atoms with Crippen LogP contribution in [0.4, 0.5) is 0 Å². The zero-order valence-electron chi connectivity index (χ0n) is 15.8. The van der Waals surface area contributed by atoms with Gasteiger partial charge in [-0.15, -0.1) is 11.3 Å². The van der Waals surface area contributed by atoms with Crippen LogP contribution < -0.4 is 11.0 Å². The molecule has 3 heterocycles. The Morgan fingerprint density at radius 2 is 2.25 bits per heavy atom. The Morgan fingerprint density at radius 3 is 3.04 bits per heavy atom. The molecular formula is C20H25N3O3S2. The molecule has 1 N–H and O–H groups in total. The van der Waals surface area contributed by atoms with E-state index in [9.17, 15) is 9.59 Å². The monoisotopic (exact) mass is 419 g/mol. The van der Waals surface area contributed by atoms with Crippen molar-refractivity contribution in [3.63, 3.8) is 0 Å². The van der Waals surface area contributed by atoms with E-state index in [0.29, 0.717) is 13.1 Å². The van der Waals surface area contributed by atoms with Crippen molar-refractivity contribution in [2.45, 2.75) is 56.2 Å². The Kier molecular flexibility index (Phi) is 6.49. The summed E-state index contributed by atoms with van der Waals surface area (Å²) < 4.78 is 7.36. The lowest BCUT2D eigenvalue weighted by Crippen LogP contribution is -2.33. The van der Waals surface area contributed by atoms with Crippen LogP contribution in [0.15, 0.2) is 27.3 Å². The number of rotatable bonds is 7. The van der Waals surface area contributed by atoms with E-state index in [-0.39, 0.29) is 23.5 Å². The van der Waals surface area contributed by atoms with Crippen LogP contribution in [-0.4, -0.2) is 40.5 Å². The fourth-order valence-electron chi connectivity index (χ4n) is 3.81. The molecule has 2 aromatic rings. The highest BCUT2D eigenvalue weighted by atomic mass is 32.2. The van der Waals surface area contributed by atoms with E-state index in [1.807, 2.05) is 22.1 Å². The molecule has 8 heteroatoms. The zero-order chi connectivity index (χ0) is 19.3. The number of thioether (sulfide) groups is 1. The van der Waals surface area contributed by atoms with Crippen molar-refractivity contribution in [1.29, 1.82) is 0 Å². The molecule has 0 aromatic carbocycles. The first-order chi connectivity index (χ1) is 13.7. The lowest BCUT2D eigenvalue weighted by Gasteiger charge is -2.22. The van der Waals surface area contributed by atoms with E-state index < -0.39 is 0 Å². The van der Waals surface area contributed by atoms with Crippen molar-refractivity contribution >= 4 is 29.0 Å². The van der Waals surface area contributed by atoms with Crippen molar-refractivity contribution in [3.8, 4) is 0 Å². The third-order valence-corrected chi connectivity index (χ3v) is 7.11. The summed E-state index contributed by atoms with van der Waals surface area (Å²) >= 11 is 3.04. The van der Waals surface area contributed by atoms with Gasteiger partial charge in [0.2, 0.25) is 5.91 Å². The van der Waals surface area contributed by atoms with E-state index in [2.05, 4.69) is 10.3 Å². The molecule has 1 amide bonds. The number of aromatic nitrogens is 2. The Bertz CT molecular complexity index is 874. The largest absolute Gasteiger partial charge is 0.376 e. The quantitative estimate of drug-likeness (QED) is 0.552. The summed E-state index contributed by atoms with van der Waals surface area (Å²) in [5, 5.41) is 5.69. The predicted octanol–water partition coefficient (Wildman–Crippen LogP) is 2.62. The minimum Gasteiger partial charge on any atom is -0.376 e. The molecule has 0 unspecified atom stereocenters. The molecule has 0 bridgehead atoms. The average Bonchev–Trinajstić information content (AvgIpc) is 3.41. The van der Waals surface area contributed by atoms with E-state index in [1.165, 1.54) is 11.8 Å². The fraction of sp³-hybridized carbons (Fsp3) is 0.550. The van der Waals surface area contributed by atoms with Gasteiger partial charge in [-0.1, -0.05) is 17.8 Å². The van der Waals surface area contributed by atoms with E-state index in [1.54, 1.807) is 11.3 Å². The zero-order valence-corrected chi connectivity index (χ0v) is 17.4. The summed E-state index contributed by atoms with van der Waals surface area (Å²) in [7, 11) is 0. The molecule has 1 fully saturated rings. The average molecular weight is 420 g/mol. The maximum Gasteiger partial charge on any atom is 0.349 e. The lowest BCUT2D eigenvalue weighted by molar-refractivity contribution is -0.119. The first-order valence-electron chi connectivity index (χ1n) is 9.87. The molecule has 2 aromatic heterocycles. The minimum atomic E-state index is -0.212. The maximum absolute atomic E-state index is 12.7. The van der Waals surface area contributed by atoms with Crippen LogP contribution >= 0.6 is 23.1 Å². The molecular weight excluding hydrogens is 394 g/mol. The molecule has 1 atom stereocenters. The van der Waals surface area contributed by atoms with Gasteiger partial charge in [-0.3, -0.25) is 9.36 Å². The molecule has 2 aliphatic rings. The van der Waals surface area contributed by atoms with Crippen molar-refractivity contribution < 1.29 is 9.53 Å². The van der Waals surface area contributed by atoms with Gasteiger partial charge in [0.15, 0.2) is 0 Å². The Labute approximate surface area is 172 Å². The first-order valence-corrected chi connectivity index (χ1v) is 11.7. The smallest absolute Gasteiger partial charge is 0.349 e. The van der Waals surface area contributed by atoms with E-state index in [0.717, 1.165) is 66.3 Å². The summed E-state index contributed by atoms with van der Waals surface area (Å²) in [6.45, 7) is 1.93. The standard InChI is InChI=1S/C20H25N3O3S2/c24-18(21-11-14-5-3-9-26-14)13-28-19-16-7-1-2-8-17(16)23(20(25)22-19)12-15-6-4-10-27-15/h4,6,10,14H,1-3,5,7-9,11-13H2,(H,21,24)/t14-/m0/s1. The van der Waals surface area contributed by atoms with Crippen LogP contribution in [0.5, 0.6) is 0 Å². The normalized spacial score (nSPS) is 18.8. The number of hydrogen-bond donors (Lipinski definition) is 1. The molecule has 0 saturated carbocycles. The second-order valence-corrected chi connectivity index (χ2v) is 9.22. The predicted molar refractivity (Wildman–Crippen MR) is 111 cm³/mol.